The molecule has 0 aliphatic carbocycles. The smallest absolute Gasteiger partial charge is 0.225 e. The van der Waals surface area contributed by atoms with E-state index >= 15 is 0 Å². The van der Waals surface area contributed by atoms with E-state index in [1.807, 2.05) is 19.2 Å². The van der Waals surface area contributed by atoms with Crippen molar-refractivity contribution in [2.75, 3.05) is 18.0 Å². The number of halogens is 1. The average molecular weight is 212 g/mol. The van der Waals surface area contributed by atoms with Crippen molar-refractivity contribution in [3.05, 3.63) is 18.0 Å². The molecule has 0 saturated carbocycles. The third-order valence-corrected chi connectivity index (χ3v) is 2.93. The molecule has 76 valence electrons. The number of aromatic nitrogens is 2. The van der Waals surface area contributed by atoms with Crippen molar-refractivity contribution in [3.63, 3.8) is 0 Å². The Bertz CT molecular complexity index is 308. The molecule has 2 rings (SSSR count). The normalized spacial score (nSPS) is 18.6. The summed E-state index contributed by atoms with van der Waals surface area (Å²) in [4.78, 5) is 10.9. The van der Waals surface area contributed by atoms with E-state index in [-0.39, 0.29) is 0 Å². The van der Waals surface area contributed by atoms with Crippen LogP contribution < -0.4 is 4.90 Å². The zero-order valence-electron chi connectivity index (χ0n) is 8.28. The molecule has 0 spiro atoms. The van der Waals surface area contributed by atoms with Gasteiger partial charge in [0.2, 0.25) is 5.95 Å². The Morgan fingerprint density at radius 3 is 2.79 bits per heavy atom. The van der Waals surface area contributed by atoms with Gasteiger partial charge in [0.05, 0.1) is 0 Å². The van der Waals surface area contributed by atoms with E-state index in [1.54, 1.807) is 0 Å². The molecule has 0 bridgehead atoms. The van der Waals surface area contributed by atoms with Crippen LogP contribution in [0.1, 0.15) is 18.5 Å². The Hall–Kier alpha value is -0.830. The zero-order chi connectivity index (χ0) is 9.97. The first-order valence-corrected chi connectivity index (χ1v) is 5.38. The van der Waals surface area contributed by atoms with E-state index in [0.717, 1.165) is 37.6 Å². The predicted octanol–water partition coefficient (Wildman–Crippen LogP) is 1.99. The van der Waals surface area contributed by atoms with Crippen molar-refractivity contribution in [1.82, 2.24) is 9.97 Å². The van der Waals surface area contributed by atoms with E-state index in [4.69, 9.17) is 11.6 Å². The highest BCUT2D eigenvalue weighted by Gasteiger charge is 2.18. The summed E-state index contributed by atoms with van der Waals surface area (Å²) >= 11 is 6.03. The van der Waals surface area contributed by atoms with Crippen molar-refractivity contribution >= 4 is 17.5 Å². The molecule has 3 nitrogen and oxygen atoms in total. The van der Waals surface area contributed by atoms with E-state index in [0.29, 0.717) is 5.38 Å². The molecule has 4 heteroatoms. The van der Waals surface area contributed by atoms with Crippen LogP contribution in [0.2, 0.25) is 0 Å². The molecule has 14 heavy (non-hydrogen) atoms. The number of anilines is 1. The molecular weight excluding hydrogens is 198 g/mol. The van der Waals surface area contributed by atoms with Gasteiger partial charge in [-0.3, -0.25) is 0 Å². The number of rotatable bonds is 1. The van der Waals surface area contributed by atoms with Gasteiger partial charge in [-0.15, -0.1) is 11.6 Å². The maximum Gasteiger partial charge on any atom is 0.225 e. The van der Waals surface area contributed by atoms with E-state index < -0.39 is 0 Å². The van der Waals surface area contributed by atoms with Crippen molar-refractivity contribution in [2.24, 2.45) is 0 Å². The molecule has 1 aliphatic heterocycles. The van der Waals surface area contributed by atoms with Crippen molar-refractivity contribution in [1.29, 1.82) is 0 Å². The second-order valence-electron chi connectivity index (χ2n) is 3.66. The van der Waals surface area contributed by atoms with Crippen LogP contribution >= 0.6 is 11.6 Å². The maximum absolute atomic E-state index is 6.03. The Balaban J connectivity index is 2.08. The topological polar surface area (TPSA) is 29.0 Å². The lowest BCUT2D eigenvalue weighted by atomic mass is 10.1. The van der Waals surface area contributed by atoms with Gasteiger partial charge in [-0.1, -0.05) is 0 Å². The molecular formula is C10H14ClN3. The van der Waals surface area contributed by atoms with Gasteiger partial charge >= 0.3 is 0 Å². The van der Waals surface area contributed by atoms with Crippen LogP contribution in [-0.2, 0) is 0 Å². The molecule has 0 radical (unpaired) electrons. The second-order valence-corrected chi connectivity index (χ2v) is 4.28. The number of nitrogens with zero attached hydrogens (tertiary/aromatic N) is 3. The van der Waals surface area contributed by atoms with Gasteiger partial charge in [0.15, 0.2) is 0 Å². The highest BCUT2D eigenvalue weighted by atomic mass is 35.5. The Labute approximate surface area is 89.1 Å². The van der Waals surface area contributed by atoms with Crippen molar-refractivity contribution in [2.45, 2.75) is 25.1 Å². The summed E-state index contributed by atoms with van der Waals surface area (Å²) in [6, 6.07) is 1.91. The molecule has 1 fully saturated rings. The van der Waals surface area contributed by atoms with Crippen LogP contribution in [0, 0.1) is 6.92 Å². The summed E-state index contributed by atoms with van der Waals surface area (Å²) in [6.07, 6.45) is 3.86. The summed E-state index contributed by atoms with van der Waals surface area (Å²) in [5.41, 5.74) is 1.02. The summed E-state index contributed by atoms with van der Waals surface area (Å²) in [5, 5.41) is 0.330. The lowest BCUT2D eigenvalue weighted by Gasteiger charge is -2.29. The Morgan fingerprint density at radius 1 is 1.43 bits per heavy atom. The third-order valence-electron chi connectivity index (χ3n) is 2.49. The number of alkyl halides is 1. The standard InChI is InChI=1S/C10H14ClN3/c1-8-2-5-12-10(13-8)14-6-3-9(11)4-7-14/h2,5,9H,3-4,6-7H2,1H3. The highest BCUT2D eigenvalue weighted by molar-refractivity contribution is 6.20. The van der Waals surface area contributed by atoms with Gasteiger partial charge in [-0.2, -0.15) is 0 Å². The van der Waals surface area contributed by atoms with E-state index in [2.05, 4.69) is 14.9 Å². The molecule has 0 aromatic carbocycles. The van der Waals surface area contributed by atoms with Gasteiger partial charge in [0.1, 0.15) is 0 Å². The molecule has 1 aromatic rings. The molecule has 1 aromatic heterocycles. The lowest BCUT2D eigenvalue weighted by Crippen LogP contribution is -2.35. The van der Waals surface area contributed by atoms with Crippen LogP contribution in [0.15, 0.2) is 12.3 Å². The number of hydrogen-bond acceptors (Lipinski definition) is 3. The molecule has 1 aliphatic rings. The largest absolute Gasteiger partial charge is 0.341 e. The fourth-order valence-corrected chi connectivity index (χ4v) is 1.83. The predicted molar refractivity (Wildman–Crippen MR) is 57.9 cm³/mol. The molecule has 0 amide bonds. The van der Waals surface area contributed by atoms with Crippen molar-refractivity contribution in [3.8, 4) is 0 Å². The average Bonchev–Trinajstić information content (AvgIpc) is 2.19. The van der Waals surface area contributed by atoms with Gasteiger partial charge in [-0.05, 0) is 25.8 Å². The Morgan fingerprint density at radius 2 is 2.14 bits per heavy atom. The molecule has 0 atom stereocenters. The van der Waals surface area contributed by atoms with E-state index in [9.17, 15) is 0 Å². The minimum atomic E-state index is 0.330. The molecule has 1 saturated heterocycles. The van der Waals surface area contributed by atoms with E-state index in [1.165, 1.54) is 0 Å². The van der Waals surface area contributed by atoms with Crippen LogP contribution in [0.5, 0.6) is 0 Å². The molecule has 2 heterocycles. The first kappa shape index (κ1) is 9.71. The molecule has 0 unspecified atom stereocenters. The van der Waals surface area contributed by atoms with Crippen molar-refractivity contribution < 1.29 is 0 Å². The number of hydrogen-bond donors (Lipinski definition) is 0. The summed E-state index contributed by atoms with van der Waals surface area (Å²) < 4.78 is 0. The minimum absolute atomic E-state index is 0.330. The fraction of sp³-hybridized carbons (Fsp3) is 0.600. The van der Waals surface area contributed by atoms with Gasteiger partial charge in [-0.25, -0.2) is 9.97 Å². The second kappa shape index (κ2) is 4.13. The quantitative estimate of drug-likeness (QED) is 0.666. The SMILES string of the molecule is Cc1ccnc(N2CCC(Cl)CC2)n1. The Kier molecular flexibility index (Phi) is 2.87. The van der Waals surface area contributed by atoms with Gasteiger partial charge in [0.25, 0.3) is 0 Å². The molecule has 0 N–H and O–H groups in total. The first-order chi connectivity index (χ1) is 6.75. The first-order valence-electron chi connectivity index (χ1n) is 4.94. The van der Waals surface area contributed by atoms with Gasteiger partial charge in [0, 0.05) is 30.4 Å². The van der Waals surface area contributed by atoms with Crippen LogP contribution in [0.3, 0.4) is 0 Å². The maximum atomic E-state index is 6.03. The summed E-state index contributed by atoms with van der Waals surface area (Å²) in [7, 11) is 0. The van der Waals surface area contributed by atoms with Crippen LogP contribution in [0.4, 0.5) is 5.95 Å². The lowest BCUT2D eigenvalue weighted by molar-refractivity contribution is 0.574. The van der Waals surface area contributed by atoms with Crippen LogP contribution in [-0.4, -0.2) is 28.4 Å². The zero-order valence-corrected chi connectivity index (χ0v) is 9.04. The van der Waals surface area contributed by atoms with Gasteiger partial charge < -0.3 is 4.90 Å². The number of piperidine rings is 1. The third kappa shape index (κ3) is 2.15. The minimum Gasteiger partial charge on any atom is -0.341 e. The fourth-order valence-electron chi connectivity index (χ4n) is 1.64. The van der Waals surface area contributed by atoms with Crippen LogP contribution in [0.25, 0.3) is 0 Å². The summed E-state index contributed by atoms with van der Waals surface area (Å²) in [5.74, 6) is 0.841. The number of aryl methyl sites for hydroxylation is 1. The monoisotopic (exact) mass is 211 g/mol. The summed E-state index contributed by atoms with van der Waals surface area (Å²) in [6.45, 7) is 3.93. The highest BCUT2D eigenvalue weighted by Crippen LogP contribution is 2.19.